The molecule has 0 aromatic carbocycles. The Bertz CT molecular complexity index is 442. The van der Waals surface area contributed by atoms with Crippen LogP contribution in [0.2, 0.25) is 0 Å². The van der Waals surface area contributed by atoms with E-state index in [-0.39, 0.29) is 18.1 Å². The number of hydrazine groups is 1. The molecule has 20 heavy (non-hydrogen) atoms. The fraction of sp³-hybridized carbons (Fsp3) is 0.692. The van der Waals surface area contributed by atoms with Crippen molar-refractivity contribution < 1.29 is 9.47 Å². The van der Waals surface area contributed by atoms with Gasteiger partial charge in [-0.2, -0.15) is 0 Å². The van der Waals surface area contributed by atoms with E-state index in [2.05, 4.69) is 34.1 Å². The van der Waals surface area contributed by atoms with Gasteiger partial charge in [-0.15, -0.1) is 0 Å². The fourth-order valence-electron chi connectivity index (χ4n) is 2.65. The quantitative estimate of drug-likeness (QED) is 0.608. The molecule has 0 spiro atoms. The van der Waals surface area contributed by atoms with Crippen molar-refractivity contribution in [2.75, 3.05) is 37.6 Å². The summed E-state index contributed by atoms with van der Waals surface area (Å²) in [5, 5.41) is 0. The zero-order chi connectivity index (χ0) is 14.7. The third-order valence-corrected chi connectivity index (χ3v) is 3.70. The number of anilines is 2. The molecular weight excluding hydrogens is 258 g/mol. The van der Waals surface area contributed by atoms with E-state index in [1.165, 1.54) is 6.33 Å². The second-order valence-electron chi connectivity index (χ2n) is 5.21. The molecule has 1 fully saturated rings. The molecule has 112 valence electrons. The van der Waals surface area contributed by atoms with Gasteiger partial charge in [0.1, 0.15) is 30.2 Å². The molecule has 2 atom stereocenters. The van der Waals surface area contributed by atoms with Crippen molar-refractivity contribution in [2.45, 2.75) is 32.0 Å². The Kier molecular flexibility index (Phi) is 4.74. The van der Waals surface area contributed by atoms with E-state index in [0.717, 1.165) is 24.5 Å². The monoisotopic (exact) mass is 281 g/mol. The summed E-state index contributed by atoms with van der Waals surface area (Å²) < 4.78 is 10.9. The van der Waals surface area contributed by atoms with Crippen molar-refractivity contribution in [3.05, 3.63) is 11.9 Å². The van der Waals surface area contributed by atoms with E-state index in [1.807, 2.05) is 0 Å². The number of hydrogen-bond donors (Lipinski definition) is 2. The maximum absolute atomic E-state index is 5.55. The Morgan fingerprint density at radius 2 is 1.85 bits per heavy atom. The summed E-state index contributed by atoms with van der Waals surface area (Å²) in [6, 6.07) is 0. The molecule has 2 heterocycles. The molecule has 3 N–H and O–H groups in total. The van der Waals surface area contributed by atoms with Gasteiger partial charge in [-0.1, -0.05) is 13.8 Å². The lowest BCUT2D eigenvalue weighted by Gasteiger charge is -2.23. The van der Waals surface area contributed by atoms with Crippen molar-refractivity contribution in [2.24, 2.45) is 5.84 Å². The number of aromatic nitrogens is 2. The number of rotatable bonds is 5. The lowest BCUT2D eigenvalue weighted by Crippen LogP contribution is -2.27. The van der Waals surface area contributed by atoms with Crippen molar-refractivity contribution >= 4 is 11.6 Å². The normalized spacial score (nSPS) is 22.6. The van der Waals surface area contributed by atoms with Gasteiger partial charge < -0.3 is 19.8 Å². The minimum absolute atomic E-state index is 0.0456. The molecule has 7 nitrogen and oxygen atoms in total. The van der Waals surface area contributed by atoms with Gasteiger partial charge in [0.15, 0.2) is 0 Å². The van der Waals surface area contributed by atoms with Crippen LogP contribution in [0.5, 0.6) is 0 Å². The lowest BCUT2D eigenvalue weighted by atomic mass is 10.0. The highest BCUT2D eigenvalue weighted by Crippen LogP contribution is 2.32. The zero-order valence-electron chi connectivity index (χ0n) is 12.5. The van der Waals surface area contributed by atoms with Crippen LogP contribution >= 0.6 is 0 Å². The average Bonchev–Trinajstić information content (AvgIpc) is 2.89. The minimum Gasteiger partial charge on any atom is -0.377 e. The summed E-state index contributed by atoms with van der Waals surface area (Å²) in [7, 11) is 3.41. The van der Waals surface area contributed by atoms with Gasteiger partial charge in [0, 0.05) is 32.9 Å². The topological polar surface area (TPSA) is 85.5 Å². The maximum atomic E-state index is 5.55. The predicted octanol–water partition coefficient (Wildman–Crippen LogP) is 0.736. The summed E-state index contributed by atoms with van der Waals surface area (Å²) in [5.41, 5.74) is 3.67. The largest absolute Gasteiger partial charge is 0.377 e. The molecule has 0 bridgehead atoms. The Labute approximate surface area is 119 Å². The van der Waals surface area contributed by atoms with Crippen molar-refractivity contribution in [1.29, 1.82) is 0 Å². The van der Waals surface area contributed by atoms with Crippen LogP contribution in [0.4, 0.5) is 11.6 Å². The first-order valence-electron chi connectivity index (χ1n) is 6.74. The fourth-order valence-corrected chi connectivity index (χ4v) is 2.65. The number of nitrogens with two attached hydrogens (primary N) is 1. The van der Waals surface area contributed by atoms with E-state index in [9.17, 15) is 0 Å². The second kappa shape index (κ2) is 6.34. The third-order valence-electron chi connectivity index (χ3n) is 3.70. The van der Waals surface area contributed by atoms with E-state index in [1.54, 1.807) is 14.2 Å². The van der Waals surface area contributed by atoms with E-state index in [0.29, 0.717) is 5.82 Å². The maximum Gasteiger partial charge on any atom is 0.148 e. The second-order valence-corrected chi connectivity index (χ2v) is 5.21. The van der Waals surface area contributed by atoms with Crippen molar-refractivity contribution in [3.63, 3.8) is 0 Å². The molecule has 0 aliphatic carbocycles. The summed E-state index contributed by atoms with van der Waals surface area (Å²) in [5.74, 6) is 7.38. The van der Waals surface area contributed by atoms with E-state index in [4.69, 9.17) is 15.3 Å². The molecule has 0 amide bonds. The molecule has 1 aromatic heterocycles. The standard InChI is InChI=1S/C13H23N5O2/c1-8(2)11-12(17-14)15-7-16-13(11)18-5-9(19-3)10(6-18)20-4/h7-10H,5-6,14H2,1-4H3,(H,15,16,17). The van der Waals surface area contributed by atoms with Crippen molar-refractivity contribution in [3.8, 4) is 0 Å². The summed E-state index contributed by atoms with van der Waals surface area (Å²) in [4.78, 5) is 10.8. The van der Waals surface area contributed by atoms with Crippen LogP contribution in [0.3, 0.4) is 0 Å². The van der Waals surface area contributed by atoms with Gasteiger partial charge in [-0.05, 0) is 5.92 Å². The molecular formula is C13H23N5O2. The molecule has 7 heteroatoms. The van der Waals surface area contributed by atoms with Gasteiger partial charge >= 0.3 is 0 Å². The summed E-state index contributed by atoms with van der Waals surface area (Å²) >= 11 is 0. The molecule has 1 aliphatic heterocycles. The number of hydrogen-bond acceptors (Lipinski definition) is 7. The Balaban J connectivity index is 2.34. The molecule has 2 rings (SSSR count). The van der Waals surface area contributed by atoms with Gasteiger partial charge in [-0.25, -0.2) is 15.8 Å². The zero-order valence-corrected chi connectivity index (χ0v) is 12.5. The number of nitrogen functional groups attached to an aromatic ring is 1. The number of methoxy groups -OCH3 is 2. The van der Waals surface area contributed by atoms with E-state index >= 15 is 0 Å². The van der Waals surface area contributed by atoms with Gasteiger partial charge in [-0.3, -0.25) is 0 Å². The Morgan fingerprint density at radius 1 is 1.25 bits per heavy atom. The van der Waals surface area contributed by atoms with Crippen LogP contribution in [0.1, 0.15) is 25.3 Å². The van der Waals surface area contributed by atoms with Crippen LogP contribution in [0, 0.1) is 0 Å². The Hall–Kier alpha value is -1.44. The molecule has 1 aromatic rings. The van der Waals surface area contributed by atoms with E-state index < -0.39 is 0 Å². The summed E-state index contributed by atoms with van der Waals surface area (Å²) in [6.45, 7) is 5.69. The number of nitrogens with zero attached hydrogens (tertiary/aromatic N) is 3. The molecule has 1 aliphatic rings. The molecule has 0 saturated carbocycles. The van der Waals surface area contributed by atoms with Crippen LogP contribution in [0.25, 0.3) is 0 Å². The first kappa shape index (κ1) is 15.0. The van der Waals surface area contributed by atoms with Crippen LogP contribution in [-0.4, -0.2) is 49.5 Å². The minimum atomic E-state index is 0.0456. The Morgan fingerprint density at radius 3 is 2.30 bits per heavy atom. The highest BCUT2D eigenvalue weighted by molar-refractivity contribution is 5.60. The number of ether oxygens (including phenoxy) is 2. The predicted molar refractivity (Wildman–Crippen MR) is 77.7 cm³/mol. The van der Waals surface area contributed by atoms with Gasteiger partial charge in [0.2, 0.25) is 0 Å². The first-order chi connectivity index (χ1) is 9.62. The van der Waals surface area contributed by atoms with Crippen LogP contribution in [-0.2, 0) is 9.47 Å². The average molecular weight is 281 g/mol. The lowest BCUT2D eigenvalue weighted by molar-refractivity contribution is -0.00461. The third kappa shape index (κ3) is 2.70. The highest BCUT2D eigenvalue weighted by atomic mass is 16.5. The summed E-state index contributed by atoms with van der Waals surface area (Å²) in [6.07, 6.45) is 1.62. The van der Waals surface area contributed by atoms with Crippen LogP contribution in [0.15, 0.2) is 6.33 Å². The number of nitrogens with one attached hydrogen (secondary N) is 1. The van der Waals surface area contributed by atoms with Crippen molar-refractivity contribution in [1.82, 2.24) is 9.97 Å². The molecule has 2 unspecified atom stereocenters. The first-order valence-corrected chi connectivity index (χ1v) is 6.74. The van der Waals surface area contributed by atoms with Gasteiger partial charge in [0.05, 0.1) is 0 Å². The smallest absolute Gasteiger partial charge is 0.148 e. The van der Waals surface area contributed by atoms with Crippen LogP contribution < -0.4 is 16.2 Å². The van der Waals surface area contributed by atoms with Gasteiger partial charge in [0.25, 0.3) is 0 Å². The molecule has 1 saturated heterocycles. The highest BCUT2D eigenvalue weighted by Gasteiger charge is 2.35. The SMILES string of the molecule is COC1CN(c2ncnc(NN)c2C(C)C)CC1OC. The molecule has 0 radical (unpaired) electrons.